The van der Waals surface area contributed by atoms with E-state index < -0.39 is 4.92 Å². The highest BCUT2D eigenvalue weighted by atomic mass is 32.2. The zero-order chi connectivity index (χ0) is 17.4. The van der Waals surface area contributed by atoms with Crippen molar-refractivity contribution >= 4 is 23.4 Å². The molecule has 0 unspecified atom stereocenters. The molecule has 0 saturated heterocycles. The number of ether oxygens (including phenoxy) is 1. The number of nitro groups is 1. The van der Waals surface area contributed by atoms with Gasteiger partial charge in [0.25, 0.3) is 5.69 Å². The maximum atomic E-state index is 11.9. The quantitative estimate of drug-likeness (QED) is 0.586. The van der Waals surface area contributed by atoms with Crippen LogP contribution < -0.4 is 10.1 Å². The summed E-state index contributed by atoms with van der Waals surface area (Å²) in [4.78, 5) is 22.2. The van der Waals surface area contributed by atoms with Crippen LogP contribution in [0.15, 0.2) is 48.5 Å². The highest BCUT2D eigenvalue weighted by Crippen LogP contribution is 2.19. The minimum Gasteiger partial charge on any atom is -0.496 e. The van der Waals surface area contributed by atoms with Crippen LogP contribution in [0, 0.1) is 10.1 Å². The van der Waals surface area contributed by atoms with Crippen molar-refractivity contribution < 1.29 is 14.5 Å². The molecule has 0 bridgehead atoms. The van der Waals surface area contributed by atoms with Gasteiger partial charge < -0.3 is 10.1 Å². The largest absolute Gasteiger partial charge is 0.496 e. The molecule has 0 spiro atoms. The van der Waals surface area contributed by atoms with Crippen molar-refractivity contribution in [2.45, 2.75) is 12.3 Å². The van der Waals surface area contributed by atoms with E-state index in [1.54, 1.807) is 13.2 Å². The van der Waals surface area contributed by atoms with E-state index in [1.165, 1.54) is 23.9 Å². The van der Waals surface area contributed by atoms with Crippen molar-refractivity contribution in [3.05, 3.63) is 69.8 Å². The molecule has 0 aliphatic carbocycles. The molecule has 1 amide bonds. The summed E-state index contributed by atoms with van der Waals surface area (Å²) in [7, 11) is 1.59. The Balaban J connectivity index is 1.77. The number of carbonyl (C=O) groups excluding carboxylic acids is 1. The Kier molecular flexibility index (Phi) is 6.62. The molecule has 2 aromatic rings. The van der Waals surface area contributed by atoms with Crippen LogP contribution in [0.2, 0.25) is 0 Å². The van der Waals surface area contributed by atoms with Crippen molar-refractivity contribution in [1.82, 2.24) is 5.32 Å². The highest BCUT2D eigenvalue weighted by Gasteiger charge is 2.08. The third kappa shape index (κ3) is 5.27. The second-order valence-corrected chi connectivity index (χ2v) is 5.99. The Bertz CT molecular complexity index is 721. The molecule has 0 aliphatic rings. The first-order valence-electron chi connectivity index (χ1n) is 7.30. The third-order valence-electron chi connectivity index (χ3n) is 3.29. The molecule has 0 saturated carbocycles. The fourth-order valence-corrected chi connectivity index (χ4v) is 2.92. The summed E-state index contributed by atoms with van der Waals surface area (Å²) in [5.41, 5.74) is 1.80. The fraction of sp³-hybridized carbons (Fsp3) is 0.235. The number of nitro benzene ring substituents is 1. The number of hydrogen-bond donors (Lipinski definition) is 1. The van der Waals surface area contributed by atoms with E-state index in [4.69, 9.17) is 4.74 Å². The van der Waals surface area contributed by atoms with Crippen LogP contribution in [0.25, 0.3) is 0 Å². The van der Waals surface area contributed by atoms with Gasteiger partial charge in [-0.15, -0.1) is 11.8 Å². The molecule has 6 nitrogen and oxygen atoms in total. The summed E-state index contributed by atoms with van der Waals surface area (Å²) in [6.07, 6.45) is 0. The maximum absolute atomic E-state index is 11.9. The zero-order valence-corrected chi connectivity index (χ0v) is 14.0. The SMILES string of the molecule is COc1ccccc1CNC(=O)CSCc1cccc([N+](=O)[O-])c1. The van der Waals surface area contributed by atoms with Gasteiger partial charge >= 0.3 is 0 Å². The lowest BCUT2D eigenvalue weighted by Crippen LogP contribution is -2.24. The summed E-state index contributed by atoms with van der Waals surface area (Å²) in [6, 6.07) is 13.9. The van der Waals surface area contributed by atoms with Gasteiger partial charge in [0.1, 0.15) is 5.75 Å². The van der Waals surface area contributed by atoms with Gasteiger partial charge in [0.15, 0.2) is 0 Å². The highest BCUT2D eigenvalue weighted by molar-refractivity contribution is 7.99. The first kappa shape index (κ1) is 17.8. The molecule has 0 atom stereocenters. The predicted molar refractivity (Wildman–Crippen MR) is 94.1 cm³/mol. The van der Waals surface area contributed by atoms with Crippen LogP contribution in [-0.2, 0) is 17.1 Å². The van der Waals surface area contributed by atoms with Crippen LogP contribution in [-0.4, -0.2) is 23.7 Å². The molecule has 0 fully saturated rings. The van der Waals surface area contributed by atoms with Gasteiger partial charge in [-0.1, -0.05) is 30.3 Å². The van der Waals surface area contributed by atoms with E-state index in [9.17, 15) is 14.9 Å². The first-order chi connectivity index (χ1) is 11.6. The standard InChI is InChI=1S/C17H18N2O4S/c1-23-16-8-3-2-6-14(16)10-18-17(20)12-24-11-13-5-4-7-15(9-13)19(21)22/h2-9H,10-12H2,1H3,(H,18,20). The number of para-hydroxylation sites is 1. The van der Waals surface area contributed by atoms with Gasteiger partial charge in [-0.3, -0.25) is 14.9 Å². The lowest BCUT2D eigenvalue weighted by atomic mass is 10.2. The molecule has 2 rings (SSSR count). The number of non-ortho nitro benzene ring substituents is 1. The Morgan fingerprint density at radius 2 is 2.04 bits per heavy atom. The Hall–Kier alpha value is -2.54. The minimum atomic E-state index is -0.422. The Morgan fingerprint density at radius 1 is 1.25 bits per heavy atom. The Labute approximate surface area is 144 Å². The summed E-state index contributed by atoms with van der Waals surface area (Å²) in [5.74, 6) is 1.49. The van der Waals surface area contributed by atoms with Crippen molar-refractivity contribution in [3.8, 4) is 5.75 Å². The molecule has 0 radical (unpaired) electrons. The van der Waals surface area contributed by atoms with Gasteiger partial charge in [0, 0.05) is 30.0 Å². The number of nitrogens with one attached hydrogen (secondary N) is 1. The number of hydrogen-bond acceptors (Lipinski definition) is 5. The van der Waals surface area contributed by atoms with Crippen molar-refractivity contribution in [1.29, 1.82) is 0 Å². The monoisotopic (exact) mass is 346 g/mol. The molecule has 0 aliphatic heterocycles. The van der Waals surface area contributed by atoms with Gasteiger partial charge in [-0.2, -0.15) is 0 Å². The summed E-state index contributed by atoms with van der Waals surface area (Å²) < 4.78 is 5.24. The number of carbonyl (C=O) groups is 1. The summed E-state index contributed by atoms with van der Waals surface area (Å²) in [5, 5.41) is 13.6. The summed E-state index contributed by atoms with van der Waals surface area (Å²) >= 11 is 1.41. The van der Waals surface area contributed by atoms with E-state index in [0.717, 1.165) is 16.9 Å². The van der Waals surface area contributed by atoms with Crippen LogP contribution in [0.3, 0.4) is 0 Å². The molecule has 0 aromatic heterocycles. The molecule has 0 heterocycles. The van der Waals surface area contributed by atoms with E-state index in [2.05, 4.69) is 5.32 Å². The fourth-order valence-electron chi connectivity index (χ4n) is 2.12. The number of nitrogens with zero attached hydrogens (tertiary/aromatic N) is 1. The molecule has 7 heteroatoms. The molecular weight excluding hydrogens is 328 g/mol. The van der Waals surface area contributed by atoms with Crippen LogP contribution in [0.1, 0.15) is 11.1 Å². The van der Waals surface area contributed by atoms with Crippen molar-refractivity contribution in [3.63, 3.8) is 0 Å². The Morgan fingerprint density at radius 3 is 2.79 bits per heavy atom. The average molecular weight is 346 g/mol. The second kappa shape index (κ2) is 8.93. The van der Waals surface area contributed by atoms with Crippen LogP contribution >= 0.6 is 11.8 Å². The third-order valence-corrected chi connectivity index (χ3v) is 4.30. The lowest BCUT2D eigenvalue weighted by molar-refractivity contribution is -0.384. The van der Waals surface area contributed by atoms with Crippen LogP contribution in [0.5, 0.6) is 5.75 Å². The topological polar surface area (TPSA) is 81.5 Å². The molecule has 24 heavy (non-hydrogen) atoms. The van der Waals surface area contributed by atoms with E-state index in [1.807, 2.05) is 30.3 Å². The second-order valence-electron chi connectivity index (χ2n) is 5.01. The van der Waals surface area contributed by atoms with Gasteiger partial charge in [0.2, 0.25) is 5.91 Å². The number of amides is 1. The average Bonchev–Trinajstić information content (AvgIpc) is 2.60. The van der Waals surface area contributed by atoms with Crippen molar-refractivity contribution in [2.24, 2.45) is 0 Å². The minimum absolute atomic E-state index is 0.0636. The number of methoxy groups -OCH3 is 1. The molecular formula is C17H18N2O4S. The number of rotatable bonds is 8. The van der Waals surface area contributed by atoms with E-state index in [0.29, 0.717) is 12.3 Å². The first-order valence-corrected chi connectivity index (χ1v) is 8.45. The molecule has 126 valence electrons. The van der Waals surface area contributed by atoms with Crippen molar-refractivity contribution in [2.75, 3.05) is 12.9 Å². The van der Waals surface area contributed by atoms with Gasteiger partial charge in [-0.05, 0) is 11.6 Å². The zero-order valence-electron chi connectivity index (χ0n) is 13.2. The smallest absolute Gasteiger partial charge is 0.269 e. The predicted octanol–water partition coefficient (Wildman–Crippen LogP) is 3.15. The van der Waals surface area contributed by atoms with Crippen LogP contribution in [0.4, 0.5) is 5.69 Å². The maximum Gasteiger partial charge on any atom is 0.269 e. The lowest BCUT2D eigenvalue weighted by Gasteiger charge is -2.09. The van der Waals surface area contributed by atoms with E-state index in [-0.39, 0.29) is 17.3 Å². The van der Waals surface area contributed by atoms with Gasteiger partial charge in [0.05, 0.1) is 17.8 Å². The number of benzene rings is 2. The molecule has 2 aromatic carbocycles. The summed E-state index contributed by atoms with van der Waals surface area (Å²) in [6.45, 7) is 0.403. The van der Waals surface area contributed by atoms with E-state index >= 15 is 0 Å². The number of thioether (sulfide) groups is 1. The normalized spacial score (nSPS) is 10.2. The molecule has 1 N–H and O–H groups in total. The van der Waals surface area contributed by atoms with Gasteiger partial charge in [-0.25, -0.2) is 0 Å².